The summed E-state index contributed by atoms with van der Waals surface area (Å²) in [6, 6.07) is 16.3. The van der Waals surface area contributed by atoms with E-state index in [-0.39, 0.29) is 0 Å². The lowest BCUT2D eigenvalue weighted by molar-refractivity contribution is 0.405. The molecule has 0 heterocycles. The van der Waals surface area contributed by atoms with Crippen molar-refractivity contribution in [2.45, 2.75) is 31.6 Å². The van der Waals surface area contributed by atoms with Crippen molar-refractivity contribution < 1.29 is 4.74 Å². The van der Waals surface area contributed by atoms with Crippen molar-refractivity contribution in [3.05, 3.63) is 59.7 Å². The van der Waals surface area contributed by atoms with E-state index >= 15 is 0 Å². The average molecular weight is 294 g/mol. The van der Waals surface area contributed by atoms with Crippen LogP contribution in [0, 0.1) is 0 Å². The molecule has 0 aromatic heterocycles. The van der Waals surface area contributed by atoms with Crippen LogP contribution in [0.2, 0.25) is 0 Å². The standard InChI is InChI=1S/C19H22N2O/c1-22-19-12-11-15(13-18(19)16-7-5-6-8-16)14-20-21-17-9-3-2-4-10-17/h2-4,9-14,16,21H,5-8H2,1H3/b20-14+. The van der Waals surface area contributed by atoms with Crippen LogP contribution in [0.3, 0.4) is 0 Å². The summed E-state index contributed by atoms with van der Waals surface area (Å²) in [7, 11) is 1.75. The lowest BCUT2D eigenvalue weighted by Crippen LogP contribution is -1.99. The molecule has 1 aliphatic rings. The van der Waals surface area contributed by atoms with Crippen molar-refractivity contribution in [2.24, 2.45) is 5.10 Å². The molecular formula is C19H22N2O. The SMILES string of the molecule is COc1ccc(/C=N/Nc2ccccc2)cc1C1CCCC1. The van der Waals surface area contributed by atoms with Gasteiger partial charge in [-0.05, 0) is 60.2 Å². The van der Waals surface area contributed by atoms with E-state index in [0.29, 0.717) is 5.92 Å². The Morgan fingerprint density at radius 1 is 1.09 bits per heavy atom. The van der Waals surface area contributed by atoms with Gasteiger partial charge in [-0.3, -0.25) is 5.43 Å². The first-order valence-electron chi connectivity index (χ1n) is 7.89. The Bertz CT molecular complexity index is 631. The first-order chi connectivity index (χ1) is 10.9. The van der Waals surface area contributed by atoms with Crippen molar-refractivity contribution in [1.82, 2.24) is 0 Å². The van der Waals surface area contributed by atoms with Gasteiger partial charge < -0.3 is 4.74 Å². The number of benzene rings is 2. The van der Waals surface area contributed by atoms with Crippen molar-refractivity contribution in [1.29, 1.82) is 0 Å². The maximum Gasteiger partial charge on any atom is 0.122 e. The molecule has 1 aliphatic carbocycles. The molecule has 0 unspecified atom stereocenters. The molecule has 0 spiro atoms. The summed E-state index contributed by atoms with van der Waals surface area (Å²) in [4.78, 5) is 0. The second-order valence-electron chi connectivity index (χ2n) is 5.72. The van der Waals surface area contributed by atoms with Gasteiger partial charge in [0.15, 0.2) is 0 Å². The fourth-order valence-electron chi connectivity index (χ4n) is 3.08. The molecule has 3 rings (SSSR count). The van der Waals surface area contributed by atoms with Gasteiger partial charge in [0.1, 0.15) is 5.75 Å². The summed E-state index contributed by atoms with van der Waals surface area (Å²) < 4.78 is 5.53. The largest absolute Gasteiger partial charge is 0.496 e. The van der Waals surface area contributed by atoms with Crippen LogP contribution < -0.4 is 10.2 Å². The Morgan fingerprint density at radius 3 is 2.59 bits per heavy atom. The van der Waals surface area contributed by atoms with Gasteiger partial charge in [-0.15, -0.1) is 0 Å². The molecular weight excluding hydrogens is 272 g/mol. The number of methoxy groups -OCH3 is 1. The summed E-state index contributed by atoms with van der Waals surface area (Å²) in [5.41, 5.74) is 6.46. The molecule has 2 aromatic rings. The Balaban J connectivity index is 1.75. The Labute approximate surface area is 132 Å². The molecule has 1 saturated carbocycles. The topological polar surface area (TPSA) is 33.6 Å². The van der Waals surface area contributed by atoms with Crippen LogP contribution >= 0.6 is 0 Å². The molecule has 0 amide bonds. The number of hydrogen-bond donors (Lipinski definition) is 1. The Morgan fingerprint density at radius 2 is 1.86 bits per heavy atom. The highest BCUT2D eigenvalue weighted by atomic mass is 16.5. The van der Waals surface area contributed by atoms with Crippen molar-refractivity contribution >= 4 is 11.9 Å². The van der Waals surface area contributed by atoms with E-state index in [2.05, 4.69) is 22.7 Å². The smallest absolute Gasteiger partial charge is 0.122 e. The minimum Gasteiger partial charge on any atom is -0.496 e. The molecule has 0 saturated heterocycles. The maximum absolute atomic E-state index is 5.53. The van der Waals surface area contributed by atoms with Crippen molar-refractivity contribution in [2.75, 3.05) is 12.5 Å². The van der Waals surface area contributed by atoms with Crippen molar-refractivity contribution in [3.63, 3.8) is 0 Å². The normalized spacial score (nSPS) is 15.3. The number of anilines is 1. The van der Waals surface area contributed by atoms with E-state index in [1.54, 1.807) is 7.11 Å². The molecule has 3 heteroatoms. The molecule has 1 fully saturated rings. The predicted octanol–water partition coefficient (Wildman–Crippen LogP) is 4.80. The minimum atomic E-state index is 0.630. The number of nitrogens with one attached hydrogen (secondary N) is 1. The summed E-state index contributed by atoms with van der Waals surface area (Å²) in [5.74, 6) is 1.63. The highest BCUT2D eigenvalue weighted by molar-refractivity contribution is 5.81. The van der Waals surface area contributed by atoms with Gasteiger partial charge >= 0.3 is 0 Å². The molecule has 3 nitrogen and oxygen atoms in total. The van der Waals surface area contributed by atoms with Crippen LogP contribution in [-0.4, -0.2) is 13.3 Å². The highest BCUT2D eigenvalue weighted by Crippen LogP contribution is 2.38. The van der Waals surface area contributed by atoms with Gasteiger partial charge in [0.05, 0.1) is 19.0 Å². The summed E-state index contributed by atoms with van der Waals surface area (Å²) in [5, 5.41) is 4.32. The fourth-order valence-corrected chi connectivity index (χ4v) is 3.08. The number of ether oxygens (including phenoxy) is 1. The van der Waals surface area contributed by atoms with E-state index in [0.717, 1.165) is 17.0 Å². The zero-order valence-corrected chi connectivity index (χ0v) is 13.0. The van der Waals surface area contributed by atoms with E-state index < -0.39 is 0 Å². The van der Waals surface area contributed by atoms with Gasteiger partial charge in [-0.1, -0.05) is 31.0 Å². The summed E-state index contributed by atoms with van der Waals surface area (Å²) in [6.45, 7) is 0. The van der Waals surface area contributed by atoms with Crippen LogP contribution in [0.1, 0.15) is 42.7 Å². The molecule has 0 aliphatic heterocycles. The van der Waals surface area contributed by atoms with Gasteiger partial charge in [-0.25, -0.2) is 0 Å². The van der Waals surface area contributed by atoms with Gasteiger partial charge in [0.2, 0.25) is 0 Å². The first kappa shape index (κ1) is 14.6. The number of hydrogen-bond acceptors (Lipinski definition) is 3. The van der Waals surface area contributed by atoms with Gasteiger partial charge in [0, 0.05) is 0 Å². The number of nitrogens with zero attached hydrogens (tertiary/aromatic N) is 1. The predicted molar refractivity (Wildman–Crippen MR) is 91.9 cm³/mol. The number of hydrazone groups is 1. The second kappa shape index (κ2) is 7.12. The zero-order valence-electron chi connectivity index (χ0n) is 13.0. The Hall–Kier alpha value is -2.29. The fraction of sp³-hybridized carbons (Fsp3) is 0.316. The molecule has 22 heavy (non-hydrogen) atoms. The Kier molecular flexibility index (Phi) is 4.74. The van der Waals surface area contributed by atoms with Crippen LogP contribution in [-0.2, 0) is 0 Å². The lowest BCUT2D eigenvalue weighted by atomic mass is 9.95. The number of rotatable bonds is 5. The zero-order chi connectivity index (χ0) is 15.2. The third kappa shape index (κ3) is 3.48. The quantitative estimate of drug-likeness (QED) is 0.635. The van der Waals surface area contributed by atoms with E-state index in [9.17, 15) is 0 Å². The second-order valence-corrected chi connectivity index (χ2v) is 5.72. The van der Waals surface area contributed by atoms with Gasteiger partial charge in [-0.2, -0.15) is 5.10 Å². The molecule has 0 radical (unpaired) electrons. The maximum atomic E-state index is 5.53. The molecule has 114 valence electrons. The van der Waals surface area contributed by atoms with E-state index in [1.807, 2.05) is 42.6 Å². The third-order valence-corrected chi connectivity index (χ3v) is 4.23. The average Bonchev–Trinajstić information content (AvgIpc) is 3.10. The summed E-state index contributed by atoms with van der Waals surface area (Å²) in [6.07, 6.45) is 7.03. The number of para-hydroxylation sites is 1. The van der Waals surface area contributed by atoms with Crippen LogP contribution in [0.5, 0.6) is 5.75 Å². The highest BCUT2D eigenvalue weighted by Gasteiger charge is 2.20. The van der Waals surface area contributed by atoms with Crippen LogP contribution in [0.4, 0.5) is 5.69 Å². The van der Waals surface area contributed by atoms with Gasteiger partial charge in [0.25, 0.3) is 0 Å². The molecule has 0 bridgehead atoms. The third-order valence-electron chi connectivity index (χ3n) is 4.23. The minimum absolute atomic E-state index is 0.630. The van der Waals surface area contributed by atoms with Crippen LogP contribution in [0.25, 0.3) is 0 Å². The summed E-state index contributed by atoms with van der Waals surface area (Å²) >= 11 is 0. The molecule has 0 atom stereocenters. The molecule has 2 aromatic carbocycles. The first-order valence-corrected chi connectivity index (χ1v) is 7.89. The van der Waals surface area contributed by atoms with Crippen LogP contribution in [0.15, 0.2) is 53.6 Å². The van der Waals surface area contributed by atoms with E-state index in [4.69, 9.17) is 4.74 Å². The van der Waals surface area contributed by atoms with E-state index in [1.165, 1.54) is 31.2 Å². The monoisotopic (exact) mass is 294 g/mol. The van der Waals surface area contributed by atoms with Crippen molar-refractivity contribution in [3.8, 4) is 5.75 Å². The lowest BCUT2D eigenvalue weighted by Gasteiger charge is -2.15. The molecule has 1 N–H and O–H groups in total.